The third-order valence-corrected chi connectivity index (χ3v) is 5.63. The summed E-state index contributed by atoms with van der Waals surface area (Å²) < 4.78 is 5.05. The third-order valence-electron chi connectivity index (χ3n) is 5.63. The molecule has 0 N–H and O–H groups in total. The molecule has 1 amide bonds. The summed E-state index contributed by atoms with van der Waals surface area (Å²) in [6.07, 6.45) is 2.84. The minimum absolute atomic E-state index is 0.00787. The number of carbonyl (C=O) groups is 2. The fourth-order valence-electron chi connectivity index (χ4n) is 4.78. The van der Waals surface area contributed by atoms with Gasteiger partial charge in [-0.15, -0.1) is 0 Å². The van der Waals surface area contributed by atoms with Crippen molar-refractivity contribution in [2.24, 2.45) is 5.92 Å². The molecule has 0 saturated carbocycles. The molecule has 0 aliphatic carbocycles. The Morgan fingerprint density at radius 2 is 2.14 bits per heavy atom. The van der Waals surface area contributed by atoms with Crippen LogP contribution >= 0.6 is 0 Å². The van der Waals surface area contributed by atoms with Crippen molar-refractivity contribution in [3.8, 4) is 0 Å². The Labute approximate surface area is 129 Å². The van der Waals surface area contributed by atoms with Gasteiger partial charge in [-0.25, -0.2) is 0 Å². The van der Waals surface area contributed by atoms with E-state index in [2.05, 4.69) is 4.90 Å². The summed E-state index contributed by atoms with van der Waals surface area (Å²) in [5.74, 6) is -0.678. The first kappa shape index (κ1) is 13.8. The molecule has 1 spiro atoms. The highest BCUT2D eigenvalue weighted by atomic mass is 16.5. The predicted octanol–water partition coefficient (Wildman–Crippen LogP) is 1.52. The molecule has 0 bridgehead atoms. The maximum atomic E-state index is 13.2. The number of hydrogen-bond donors (Lipinski definition) is 0. The first-order valence-corrected chi connectivity index (χ1v) is 7.84. The zero-order chi connectivity index (χ0) is 15.5. The van der Waals surface area contributed by atoms with Gasteiger partial charge in [-0.1, -0.05) is 18.2 Å². The van der Waals surface area contributed by atoms with Gasteiger partial charge in [0.25, 0.3) is 5.91 Å². The van der Waals surface area contributed by atoms with Crippen molar-refractivity contribution in [2.45, 2.75) is 30.8 Å². The van der Waals surface area contributed by atoms with E-state index in [0.717, 1.165) is 30.6 Å². The van der Waals surface area contributed by atoms with E-state index in [4.69, 9.17) is 4.74 Å². The van der Waals surface area contributed by atoms with Gasteiger partial charge < -0.3 is 9.64 Å². The van der Waals surface area contributed by atoms with Crippen molar-refractivity contribution >= 4 is 17.6 Å². The molecule has 5 heteroatoms. The van der Waals surface area contributed by atoms with Crippen LogP contribution in [-0.4, -0.2) is 43.5 Å². The van der Waals surface area contributed by atoms with Crippen molar-refractivity contribution in [3.05, 3.63) is 29.8 Å². The molecule has 116 valence electrons. The van der Waals surface area contributed by atoms with E-state index in [1.54, 1.807) is 11.9 Å². The van der Waals surface area contributed by atoms with Gasteiger partial charge in [0.2, 0.25) is 0 Å². The van der Waals surface area contributed by atoms with Crippen LogP contribution in [0.4, 0.5) is 5.69 Å². The van der Waals surface area contributed by atoms with Gasteiger partial charge in [0.05, 0.1) is 13.0 Å². The smallest absolute Gasteiger partial charge is 0.311 e. The molecule has 5 nitrogen and oxygen atoms in total. The molecule has 3 heterocycles. The maximum Gasteiger partial charge on any atom is 0.311 e. The van der Waals surface area contributed by atoms with Crippen molar-refractivity contribution in [1.29, 1.82) is 0 Å². The highest BCUT2D eigenvalue weighted by Crippen LogP contribution is 2.56. The number of anilines is 1. The van der Waals surface area contributed by atoms with Crippen LogP contribution in [0.2, 0.25) is 0 Å². The number of likely N-dealkylation sites (N-methyl/N-ethyl adjacent to an activating group) is 1. The van der Waals surface area contributed by atoms with Crippen LogP contribution in [0.25, 0.3) is 0 Å². The fraction of sp³-hybridized carbons (Fsp3) is 0.529. The van der Waals surface area contributed by atoms with Gasteiger partial charge in [-0.2, -0.15) is 0 Å². The van der Waals surface area contributed by atoms with E-state index >= 15 is 0 Å². The van der Waals surface area contributed by atoms with E-state index in [1.807, 2.05) is 24.3 Å². The Hall–Kier alpha value is -1.88. The number of para-hydroxylation sites is 1. The number of ether oxygens (including phenoxy) is 1. The Kier molecular flexibility index (Phi) is 2.85. The highest BCUT2D eigenvalue weighted by molar-refractivity contribution is 6.10. The second-order valence-electron chi connectivity index (χ2n) is 6.45. The fourth-order valence-corrected chi connectivity index (χ4v) is 4.78. The number of carbonyl (C=O) groups excluding carboxylic acids is 2. The van der Waals surface area contributed by atoms with E-state index < -0.39 is 11.5 Å². The summed E-state index contributed by atoms with van der Waals surface area (Å²) in [7, 11) is 3.21. The van der Waals surface area contributed by atoms with Crippen LogP contribution in [0.3, 0.4) is 0 Å². The van der Waals surface area contributed by atoms with Crippen LogP contribution in [0.5, 0.6) is 0 Å². The van der Waals surface area contributed by atoms with E-state index in [-0.39, 0.29) is 11.9 Å². The number of fused-ring (bicyclic) bond motifs is 4. The van der Waals surface area contributed by atoms with E-state index in [0.29, 0.717) is 12.5 Å². The number of esters is 1. The van der Waals surface area contributed by atoms with Crippen LogP contribution < -0.4 is 4.90 Å². The monoisotopic (exact) mass is 300 g/mol. The molecule has 3 aliphatic heterocycles. The summed E-state index contributed by atoms with van der Waals surface area (Å²) in [5, 5.41) is 0. The minimum Gasteiger partial charge on any atom is -0.469 e. The van der Waals surface area contributed by atoms with Gasteiger partial charge in [0.15, 0.2) is 0 Å². The summed E-state index contributed by atoms with van der Waals surface area (Å²) in [5.41, 5.74) is 1.01. The maximum absolute atomic E-state index is 13.2. The number of rotatable bonds is 1. The second kappa shape index (κ2) is 4.56. The Morgan fingerprint density at radius 1 is 1.36 bits per heavy atom. The van der Waals surface area contributed by atoms with Crippen LogP contribution in [0, 0.1) is 5.92 Å². The predicted molar refractivity (Wildman–Crippen MR) is 81.4 cm³/mol. The van der Waals surface area contributed by atoms with Gasteiger partial charge in [0.1, 0.15) is 5.54 Å². The molecular formula is C17H20N2O3. The molecule has 1 aromatic rings. The number of methoxy groups -OCH3 is 1. The summed E-state index contributed by atoms with van der Waals surface area (Å²) in [6, 6.07) is 8.14. The molecule has 0 aromatic heterocycles. The van der Waals surface area contributed by atoms with Gasteiger partial charge >= 0.3 is 5.97 Å². The van der Waals surface area contributed by atoms with Crippen molar-refractivity contribution in [2.75, 3.05) is 25.6 Å². The lowest BCUT2D eigenvalue weighted by Gasteiger charge is -2.36. The molecule has 2 saturated heterocycles. The quantitative estimate of drug-likeness (QED) is 0.738. The lowest BCUT2D eigenvalue weighted by atomic mass is 9.79. The molecule has 3 aliphatic rings. The summed E-state index contributed by atoms with van der Waals surface area (Å²) in [4.78, 5) is 29.6. The normalized spacial score (nSPS) is 33.4. The summed E-state index contributed by atoms with van der Waals surface area (Å²) >= 11 is 0. The van der Waals surface area contributed by atoms with Gasteiger partial charge in [0, 0.05) is 24.3 Å². The van der Waals surface area contributed by atoms with Gasteiger partial charge in [-0.3, -0.25) is 14.5 Å². The Bertz CT molecular complexity index is 659. The zero-order valence-corrected chi connectivity index (χ0v) is 12.9. The van der Waals surface area contributed by atoms with Crippen LogP contribution in [0.1, 0.15) is 24.8 Å². The second-order valence-corrected chi connectivity index (χ2v) is 6.45. The standard InChI is InChI=1S/C17H20N2O3/c1-18-14-8-4-3-7-12(14)17(16(18)21)13(15(20)22-2)10-11-6-5-9-19(11)17/h3-4,7-8,11,13H,5-6,9-10H2,1-2H3/t11-,13-,17+/m0/s1. The van der Waals surface area contributed by atoms with E-state index in [1.165, 1.54) is 7.11 Å². The lowest BCUT2D eigenvalue weighted by Crippen LogP contribution is -2.54. The average molecular weight is 300 g/mol. The number of amides is 1. The largest absolute Gasteiger partial charge is 0.469 e. The van der Waals surface area contributed by atoms with E-state index in [9.17, 15) is 9.59 Å². The molecular weight excluding hydrogens is 280 g/mol. The minimum atomic E-state index is -0.862. The molecule has 1 aromatic carbocycles. The van der Waals surface area contributed by atoms with Crippen LogP contribution in [0.15, 0.2) is 24.3 Å². The Balaban J connectivity index is 1.96. The molecule has 4 rings (SSSR count). The highest BCUT2D eigenvalue weighted by Gasteiger charge is 2.67. The number of benzene rings is 1. The van der Waals surface area contributed by atoms with Crippen molar-refractivity contribution < 1.29 is 14.3 Å². The molecule has 3 atom stereocenters. The third kappa shape index (κ3) is 1.42. The molecule has 0 unspecified atom stereocenters. The zero-order valence-electron chi connectivity index (χ0n) is 12.9. The Morgan fingerprint density at radius 3 is 2.91 bits per heavy atom. The SMILES string of the molecule is COC(=O)[C@@H]1C[C@@H]2CCCN2[C@@]12C(=O)N(C)c1ccccc12. The van der Waals surface area contributed by atoms with Crippen LogP contribution in [-0.2, 0) is 19.9 Å². The number of nitrogens with zero attached hydrogens (tertiary/aromatic N) is 2. The number of hydrogen-bond acceptors (Lipinski definition) is 4. The topological polar surface area (TPSA) is 49.9 Å². The lowest BCUT2D eigenvalue weighted by molar-refractivity contribution is -0.153. The first-order chi connectivity index (χ1) is 10.6. The van der Waals surface area contributed by atoms with Gasteiger partial charge in [-0.05, 0) is 31.9 Å². The molecule has 0 radical (unpaired) electrons. The van der Waals surface area contributed by atoms with Crippen molar-refractivity contribution in [1.82, 2.24) is 4.90 Å². The average Bonchev–Trinajstić information content (AvgIpc) is 3.17. The summed E-state index contributed by atoms with van der Waals surface area (Å²) in [6.45, 7) is 0.867. The van der Waals surface area contributed by atoms with Crippen molar-refractivity contribution in [3.63, 3.8) is 0 Å². The molecule has 2 fully saturated rings. The molecule has 22 heavy (non-hydrogen) atoms. The first-order valence-electron chi connectivity index (χ1n) is 7.84.